The van der Waals surface area contributed by atoms with Crippen LogP contribution < -0.4 is 5.73 Å². The molecule has 0 saturated heterocycles. The Morgan fingerprint density at radius 2 is 1.95 bits per heavy atom. The lowest BCUT2D eigenvalue weighted by Gasteiger charge is -2.15. The minimum absolute atomic E-state index is 0.0244. The van der Waals surface area contributed by atoms with Gasteiger partial charge in [-0.15, -0.1) is 0 Å². The number of alkyl halides is 3. The predicted octanol–water partition coefficient (Wildman–Crippen LogP) is 3.29. The molecular formula is C12H15BrF3NO2S. The van der Waals surface area contributed by atoms with Gasteiger partial charge in [-0.2, -0.15) is 13.2 Å². The molecule has 0 fully saturated rings. The minimum Gasteiger partial charge on any atom is -0.324 e. The van der Waals surface area contributed by atoms with Crippen molar-refractivity contribution in [2.45, 2.75) is 25.1 Å². The number of hydrogen-bond acceptors (Lipinski definition) is 3. The van der Waals surface area contributed by atoms with Crippen LogP contribution in [0, 0.1) is 0 Å². The lowest BCUT2D eigenvalue weighted by atomic mass is 10.0. The highest BCUT2D eigenvalue weighted by atomic mass is 79.9. The van der Waals surface area contributed by atoms with Gasteiger partial charge in [0.15, 0.2) is 0 Å². The van der Waals surface area contributed by atoms with Gasteiger partial charge in [0.25, 0.3) is 0 Å². The van der Waals surface area contributed by atoms with Crippen molar-refractivity contribution in [3.8, 4) is 0 Å². The second kappa shape index (κ2) is 6.44. The highest BCUT2D eigenvalue weighted by molar-refractivity contribution is 9.10. The molecule has 0 saturated carbocycles. The van der Waals surface area contributed by atoms with E-state index in [9.17, 15) is 21.6 Å². The van der Waals surface area contributed by atoms with Gasteiger partial charge in [-0.05, 0) is 30.5 Å². The maximum atomic E-state index is 12.8. The third kappa shape index (κ3) is 5.41. The van der Waals surface area contributed by atoms with Crippen LogP contribution in [0.1, 0.15) is 30.0 Å². The first-order chi connectivity index (χ1) is 9.00. The van der Waals surface area contributed by atoms with Crippen molar-refractivity contribution >= 4 is 25.8 Å². The molecule has 0 aliphatic rings. The summed E-state index contributed by atoms with van der Waals surface area (Å²) in [6, 6.07) is 3.18. The van der Waals surface area contributed by atoms with Crippen molar-refractivity contribution in [2.75, 3.05) is 12.0 Å². The van der Waals surface area contributed by atoms with Crippen molar-refractivity contribution in [1.29, 1.82) is 0 Å². The van der Waals surface area contributed by atoms with Gasteiger partial charge in [0, 0.05) is 22.5 Å². The zero-order chi connectivity index (χ0) is 15.6. The summed E-state index contributed by atoms with van der Waals surface area (Å²) in [5.74, 6) is -0.0244. The van der Waals surface area contributed by atoms with E-state index >= 15 is 0 Å². The van der Waals surface area contributed by atoms with Crippen LogP contribution in [-0.4, -0.2) is 20.4 Å². The maximum absolute atomic E-state index is 12.8. The zero-order valence-corrected chi connectivity index (χ0v) is 13.1. The molecule has 2 N–H and O–H groups in total. The van der Waals surface area contributed by atoms with Gasteiger partial charge in [-0.25, -0.2) is 8.42 Å². The first-order valence-corrected chi connectivity index (χ1v) is 8.66. The van der Waals surface area contributed by atoms with Gasteiger partial charge in [0.2, 0.25) is 0 Å². The Kier molecular flexibility index (Phi) is 5.62. The summed E-state index contributed by atoms with van der Waals surface area (Å²) in [6.07, 6.45) is -2.72. The van der Waals surface area contributed by atoms with Crippen molar-refractivity contribution in [1.82, 2.24) is 0 Å². The fraction of sp³-hybridized carbons (Fsp3) is 0.500. The second-order valence-corrected chi connectivity index (χ2v) is 7.73. The normalized spacial score (nSPS) is 14.3. The summed E-state index contributed by atoms with van der Waals surface area (Å²) in [5.41, 5.74) is 5.37. The van der Waals surface area contributed by atoms with Crippen LogP contribution in [0.4, 0.5) is 13.2 Å². The molecule has 8 heteroatoms. The average Bonchev–Trinajstić information content (AvgIpc) is 2.26. The molecule has 0 aliphatic carbocycles. The Hall–Kier alpha value is -0.600. The maximum Gasteiger partial charge on any atom is 0.417 e. The molecule has 0 bridgehead atoms. The number of rotatable bonds is 5. The molecule has 0 aliphatic heterocycles. The van der Waals surface area contributed by atoms with Gasteiger partial charge in [-0.3, -0.25) is 0 Å². The largest absolute Gasteiger partial charge is 0.417 e. The van der Waals surface area contributed by atoms with E-state index in [4.69, 9.17) is 5.73 Å². The van der Waals surface area contributed by atoms with Gasteiger partial charge >= 0.3 is 6.18 Å². The molecule has 1 rings (SSSR count). The smallest absolute Gasteiger partial charge is 0.324 e. The van der Waals surface area contributed by atoms with E-state index in [-0.39, 0.29) is 10.2 Å². The SMILES string of the molecule is CS(=O)(=O)CCCC(N)c1ccc(Br)c(C(F)(F)F)c1. The topological polar surface area (TPSA) is 60.2 Å². The summed E-state index contributed by atoms with van der Waals surface area (Å²) in [5, 5.41) is 0. The number of benzene rings is 1. The van der Waals surface area contributed by atoms with Crippen molar-refractivity contribution in [2.24, 2.45) is 5.73 Å². The molecule has 0 aromatic heterocycles. The van der Waals surface area contributed by atoms with Crippen LogP contribution in [0.25, 0.3) is 0 Å². The van der Waals surface area contributed by atoms with Crippen LogP contribution in [0.15, 0.2) is 22.7 Å². The first kappa shape index (κ1) is 17.5. The molecule has 0 amide bonds. The van der Waals surface area contributed by atoms with Crippen LogP contribution in [0.5, 0.6) is 0 Å². The van der Waals surface area contributed by atoms with E-state index in [1.807, 2.05) is 0 Å². The monoisotopic (exact) mass is 373 g/mol. The summed E-state index contributed by atoms with van der Waals surface area (Å²) in [4.78, 5) is 0. The molecule has 20 heavy (non-hydrogen) atoms. The Labute approximate surface area is 124 Å². The van der Waals surface area contributed by atoms with Crippen LogP contribution in [0.2, 0.25) is 0 Å². The van der Waals surface area contributed by atoms with Gasteiger partial charge < -0.3 is 5.73 Å². The molecule has 3 nitrogen and oxygen atoms in total. The fourth-order valence-electron chi connectivity index (χ4n) is 1.72. The fourth-order valence-corrected chi connectivity index (χ4v) is 2.89. The summed E-state index contributed by atoms with van der Waals surface area (Å²) >= 11 is 2.85. The molecule has 0 heterocycles. The van der Waals surface area contributed by atoms with E-state index in [1.165, 1.54) is 12.1 Å². The highest BCUT2D eigenvalue weighted by Gasteiger charge is 2.33. The standard InChI is InChI=1S/C12H15BrF3NO2S/c1-20(18,19)6-2-3-11(17)8-4-5-10(13)9(7-8)12(14,15)16/h4-5,7,11H,2-3,6,17H2,1H3. The van der Waals surface area contributed by atoms with Crippen molar-refractivity contribution in [3.05, 3.63) is 33.8 Å². The lowest BCUT2D eigenvalue weighted by molar-refractivity contribution is -0.138. The third-order valence-electron chi connectivity index (χ3n) is 2.75. The van der Waals surface area contributed by atoms with E-state index in [0.29, 0.717) is 18.4 Å². The molecule has 1 atom stereocenters. The number of halogens is 4. The predicted molar refractivity (Wildman–Crippen MR) is 75.0 cm³/mol. The van der Waals surface area contributed by atoms with E-state index in [0.717, 1.165) is 12.3 Å². The van der Waals surface area contributed by atoms with Crippen molar-refractivity contribution in [3.63, 3.8) is 0 Å². The van der Waals surface area contributed by atoms with Gasteiger partial charge in [-0.1, -0.05) is 22.0 Å². The number of sulfone groups is 1. The summed E-state index contributed by atoms with van der Waals surface area (Å²) in [7, 11) is -3.08. The minimum atomic E-state index is -4.46. The Morgan fingerprint density at radius 1 is 1.35 bits per heavy atom. The van der Waals surface area contributed by atoms with Crippen LogP contribution in [0.3, 0.4) is 0 Å². The Morgan fingerprint density at radius 3 is 2.45 bits per heavy atom. The Balaban J connectivity index is 2.82. The van der Waals surface area contributed by atoms with Gasteiger partial charge in [0.05, 0.1) is 5.56 Å². The molecule has 1 aromatic rings. The zero-order valence-electron chi connectivity index (χ0n) is 10.7. The van der Waals surface area contributed by atoms with Crippen LogP contribution >= 0.6 is 15.9 Å². The van der Waals surface area contributed by atoms with E-state index in [2.05, 4.69) is 15.9 Å². The molecule has 0 radical (unpaired) electrons. The number of hydrogen-bond donors (Lipinski definition) is 1. The molecule has 114 valence electrons. The highest BCUT2D eigenvalue weighted by Crippen LogP contribution is 2.36. The van der Waals surface area contributed by atoms with Crippen molar-refractivity contribution < 1.29 is 21.6 Å². The first-order valence-electron chi connectivity index (χ1n) is 5.80. The van der Waals surface area contributed by atoms with E-state index < -0.39 is 27.6 Å². The second-order valence-electron chi connectivity index (χ2n) is 4.62. The lowest BCUT2D eigenvalue weighted by Crippen LogP contribution is -2.14. The molecule has 1 aromatic carbocycles. The average molecular weight is 374 g/mol. The summed E-state index contributed by atoms with van der Waals surface area (Å²) < 4.78 is 60.2. The number of nitrogens with two attached hydrogens (primary N) is 1. The quantitative estimate of drug-likeness (QED) is 0.861. The summed E-state index contributed by atoms with van der Waals surface area (Å²) in [6.45, 7) is 0. The molecule has 0 spiro atoms. The molecule has 1 unspecified atom stereocenters. The third-order valence-corrected chi connectivity index (χ3v) is 4.48. The molecular weight excluding hydrogens is 359 g/mol. The van der Waals surface area contributed by atoms with E-state index in [1.54, 1.807) is 0 Å². The van der Waals surface area contributed by atoms with Gasteiger partial charge in [0.1, 0.15) is 9.84 Å². The van der Waals surface area contributed by atoms with Crippen LogP contribution in [-0.2, 0) is 16.0 Å². The Bertz CT molecular complexity index is 573.